The maximum atomic E-state index is 14.5. The van der Waals surface area contributed by atoms with Crippen molar-refractivity contribution in [2.45, 2.75) is 0 Å². The van der Waals surface area contributed by atoms with Crippen molar-refractivity contribution >= 4 is 25.4 Å². The van der Waals surface area contributed by atoms with Crippen molar-refractivity contribution in [1.82, 2.24) is 5.01 Å². The Morgan fingerprint density at radius 2 is 1.06 bits per heavy atom. The summed E-state index contributed by atoms with van der Waals surface area (Å²) in [6.45, 7) is 0.539. The van der Waals surface area contributed by atoms with E-state index in [9.17, 15) is 4.57 Å². The highest BCUT2D eigenvalue weighted by molar-refractivity contribution is 7.84. The zero-order chi connectivity index (χ0) is 24.6. The standard InChI is InChI=1S/C27H29N3O3P2/c1-30(28)22-23-34(26-18-10-4-11-19-26,27-20-12-5-13-21-27)29-35(31,32-24-14-6-2-7-15-24)33-25-16-8-3-9-17-25/h2-21H,22-23,28H2,1H3. The number of para-hydroxylation sites is 2. The number of rotatable bonds is 10. The van der Waals surface area contributed by atoms with Crippen molar-refractivity contribution in [2.75, 3.05) is 19.8 Å². The predicted molar refractivity (Wildman–Crippen MR) is 145 cm³/mol. The maximum Gasteiger partial charge on any atom is 0.562 e. The first-order chi connectivity index (χ1) is 17.0. The van der Waals surface area contributed by atoms with Crippen LogP contribution in [0.4, 0.5) is 0 Å². The van der Waals surface area contributed by atoms with E-state index in [1.165, 1.54) is 0 Å². The summed E-state index contributed by atoms with van der Waals surface area (Å²) in [5.74, 6) is 6.89. The van der Waals surface area contributed by atoms with Gasteiger partial charge in [0.25, 0.3) is 0 Å². The van der Waals surface area contributed by atoms with E-state index < -0.39 is 14.8 Å². The van der Waals surface area contributed by atoms with Gasteiger partial charge in [0.15, 0.2) is 0 Å². The summed E-state index contributed by atoms with van der Waals surface area (Å²) in [5, 5.41) is 3.57. The molecule has 0 fully saturated rings. The number of benzene rings is 4. The molecule has 0 amide bonds. The average Bonchev–Trinajstić information content (AvgIpc) is 2.88. The number of hydrogen-bond acceptors (Lipinski definition) is 5. The lowest BCUT2D eigenvalue weighted by molar-refractivity contribution is 0.372. The predicted octanol–water partition coefficient (Wildman–Crippen LogP) is 5.91. The summed E-state index contributed by atoms with van der Waals surface area (Å²) in [7, 11) is -4.91. The van der Waals surface area contributed by atoms with Crippen LogP contribution in [0.15, 0.2) is 126 Å². The highest BCUT2D eigenvalue weighted by Crippen LogP contribution is 2.61. The summed E-state index contributed by atoms with van der Waals surface area (Å²) in [4.78, 5) is 0. The monoisotopic (exact) mass is 505 g/mol. The zero-order valence-corrected chi connectivity index (χ0v) is 21.3. The molecule has 35 heavy (non-hydrogen) atoms. The number of hydrogen-bond donors (Lipinski definition) is 1. The zero-order valence-electron chi connectivity index (χ0n) is 19.6. The molecule has 0 saturated carbocycles. The van der Waals surface area contributed by atoms with Gasteiger partial charge in [0.2, 0.25) is 0 Å². The number of hydrazine groups is 1. The second-order valence-electron chi connectivity index (χ2n) is 8.01. The molecule has 180 valence electrons. The van der Waals surface area contributed by atoms with Crippen molar-refractivity contribution in [3.8, 4) is 11.5 Å². The average molecular weight is 505 g/mol. The molecule has 0 atom stereocenters. The van der Waals surface area contributed by atoms with Crippen LogP contribution < -0.4 is 25.5 Å². The lowest BCUT2D eigenvalue weighted by Crippen LogP contribution is -2.32. The van der Waals surface area contributed by atoms with Gasteiger partial charge in [-0.15, -0.1) is 0 Å². The molecule has 0 saturated heterocycles. The van der Waals surface area contributed by atoms with Gasteiger partial charge in [0, 0.05) is 26.8 Å². The molecule has 6 nitrogen and oxygen atoms in total. The number of nitrogens with two attached hydrogens (primary N) is 1. The minimum atomic E-state index is -4.06. The van der Waals surface area contributed by atoms with Crippen molar-refractivity contribution < 1.29 is 13.6 Å². The minimum absolute atomic E-state index is 0.422. The van der Waals surface area contributed by atoms with Crippen LogP contribution in [-0.4, -0.2) is 24.8 Å². The molecule has 0 unspecified atom stereocenters. The van der Waals surface area contributed by atoms with E-state index in [1.807, 2.05) is 104 Å². The van der Waals surface area contributed by atoms with Crippen molar-refractivity contribution in [1.29, 1.82) is 0 Å². The molecule has 0 radical (unpaired) electrons. The molecule has 0 heterocycles. The van der Waals surface area contributed by atoms with Gasteiger partial charge in [-0.25, -0.2) is 9.57 Å². The molecule has 0 bridgehead atoms. The molecule has 2 N–H and O–H groups in total. The van der Waals surface area contributed by atoms with Crippen LogP contribution in [0.2, 0.25) is 0 Å². The molecule has 0 spiro atoms. The van der Waals surface area contributed by atoms with Crippen LogP contribution in [-0.2, 0) is 4.57 Å². The van der Waals surface area contributed by atoms with Crippen molar-refractivity contribution in [3.05, 3.63) is 121 Å². The molecule has 0 aliphatic heterocycles. The van der Waals surface area contributed by atoms with Crippen LogP contribution in [0, 0.1) is 0 Å². The van der Waals surface area contributed by atoms with E-state index in [0.29, 0.717) is 24.2 Å². The van der Waals surface area contributed by atoms with Crippen LogP contribution in [0.25, 0.3) is 0 Å². The lowest BCUT2D eigenvalue weighted by Gasteiger charge is -2.29. The third-order valence-corrected chi connectivity index (χ3v) is 11.5. The van der Waals surface area contributed by atoms with Gasteiger partial charge in [-0.05, 0) is 34.9 Å². The smallest absolute Gasteiger partial charge is 0.399 e. The van der Waals surface area contributed by atoms with Gasteiger partial charge in [0.05, 0.1) is 0 Å². The first kappa shape index (κ1) is 25.0. The molecule has 4 aromatic rings. The van der Waals surface area contributed by atoms with E-state index in [4.69, 9.17) is 19.4 Å². The Hall–Kier alpha value is -3.14. The summed E-state index contributed by atoms with van der Waals surface area (Å²) < 4.78 is 31.7. The summed E-state index contributed by atoms with van der Waals surface area (Å²) in [6.07, 6.45) is 0.564. The fraction of sp³-hybridized carbons (Fsp3) is 0.111. The van der Waals surface area contributed by atoms with Crippen molar-refractivity contribution in [2.24, 2.45) is 10.4 Å². The van der Waals surface area contributed by atoms with Crippen LogP contribution in [0.5, 0.6) is 11.5 Å². The third kappa shape index (κ3) is 6.50. The Kier molecular flexibility index (Phi) is 8.22. The Bertz CT molecular complexity index is 1210. The minimum Gasteiger partial charge on any atom is -0.399 e. The van der Waals surface area contributed by atoms with Gasteiger partial charge in [-0.1, -0.05) is 97.1 Å². The highest BCUT2D eigenvalue weighted by atomic mass is 31.2. The van der Waals surface area contributed by atoms with Gasteiger partial charge in [-0.3, -0.25) is 5.84 Å². The topological polar surface area (TPSA) is 77.2 Å². The first-order valence-corrected chi connectivity index (χ1v) is 14.7. The molecule has 0 aromatic heterocycles. The summed E-state index contributed by atoms with van der Waals surface area (Å²) in [5.41, 5.74) is 0. The highest BCUT2D eigenvalue weighted by Gasteiger charge is 2.36. The SMILES string of the molecule is CN(N)CCP(=NP(=O)(Oc1ccccc1)Oc1ccccc1)(c1ccccc1)c1ccccc1. The molecule has 0 aliphatic rings. The third-order valence-electron chi connectivity index (χ3n) is 5.33. The Labute approximate surface area is 207 Å². The fourth-order valence-electron chi connectivity index (χ4n) is 3.68. The molecule has 0 aliphatic carbocycles. The summed E-state index contributed by atoms with van der Waals surface area (Å²) >= 11 is 0. The second kappa shape index (κ2) is 11.5. The number of nitrogens with zero attached hydrogens (tertiary/aromatic N) is 2. The van der Waals surface area contributed by atoms with Crippen LogP contribution in [0.3, 0.4) is 0 Å². The maximum absolute atomic E-state index is 14.5. The normalized spacial score (nSPS) is 11.7. The molecule has 4 aromatic carbocycles. The van der Waals surface area contributed by atoms with Gasteiger partial charge < -0.3 is 9.05 Å². The molecular formula is C27H29N3O3P2. The van der Waals surface area contributed by atoms with E-state index in [0.717, 1.165) is 10.6 Å². The molecule has 4 rings (SSSR count). The van der Waals surface area contributed by atoms with E-state index >= 15 is 0 Å². The van der Waals surface area contributed by atoms with Crippen LogP contribution in [0.1, 0.15) is 0 Å². The second-order valence-corrected chi connectivity index (χ2v) is 13.0. The van der Waals surface area contributed by atoms with Gasteiger partial charge in [-0.2, -0.15) is 4.52 Å². The quantitative estimate of drug-likeness (QED) is 0.165. The van der Waals surface area contributed by atoms with Crippen LogP contribution >= 0.6 is 14.8 Å². The fourth-order valence-corrected chi connectivity index (χ4v) is 10.2. The van der Waals surface area contributed by atoms with E-state index in [-0.39, 0.29) is 0 Å². The van der Waals surface area contributed by atoms with E-state index in [2.05, 4.69) is 0 Å². The Morgan fingerprint density at radius 1 is 0.686 bits per heavy atom. The largest absolute Gasteiger partial charge is 0.562 e. The van der Waals surface area contributed by atoms with Gasteiger partial charge >= 0.3 is 7.75 Å². The molecular weight excluding hydrogens is 476 g/mol. The lowest BCUT2D eigenvalue weighted by atomic mass is 10.3. The summed E-state index contributed by atoms with van der Waals surface area (Å²) in [6, 6.07) is 37.9. The first-order valence-electron chi connectivity index (χ1n) is 11.3. The van der Waals surface area contributed by atoms with E-state index in [1.54, 1.807) is 29.3 Å². The van der Waals surface area contributed by atoms with Crippen molar-refractivity contribution in [3.63, 3.8) is 0 Å². The molecule has 8 heteroatoms. The Morgan fingerprint density at radius 3 is 1.43 bits per heavy atom. The van der Waals surface area contributed by atoms with Gasteiger partial charge in [0.1, 0.15) is 11.5 Å². The Balaban J connectivity index is 1.96.